The van der Waals surface area contributed by atoms with Crippen molar-refractivity contribution in [2.75, 3.05) is 0 Å². The van der Waals surface area contributed by atoms with E-state index in [1.807, 2.05) is 18.2 Å². The number of nitro groups is 1. The molecule has 2 N–H and O–H groups in total. The molecule has 3 rings (SSSR count). The molecule has 25 heavy (non-hydrogen) atoms. The largest absolute Gasteiger partial charge is 0.299 e. The van der Waals surface area contributed by atoms with Gasteiger partial charge in [-0.25, -0.2) is 4.68 Å². The molecule has 0 fully saturated rings. The van der Waals surface area contributed by atoms with Gasteiger partial charge in [-0.15, -0.1) is 5.10 Å². The second-order valence-corrected chi connectivity index (χ2v) is 5.19. The van der Waals surface area contributed by atoms with Gasteiger partial charge in [-0.1, -0.05) is 36.1 Å². The molecule has 126 valence electrons. The quantitative estimate of drug-likeness (QED) is 0.521. The van der Waals surface area contributed by atoms with E-state index in [-0.39, 0.29) is 18.1 Å². The third-order valence-electron chi connectivity index (χ3n) is 3.47. The van der Waals surface area contributed by atoms with Crippen molar-refractivity contribution in [1.82, 2.24) is 25.8 Å². The van der Waals surface area contributed by atoms with E-state index in [1.54, 1.807) is 18.2 Å². The average molecular weight is 338 g/mol. The van der Waals surface area contributed by atoms with Crippen molar-refractivity contribution in [1.29, 1.82) is 0 Å². The second-order valence-electron chi connectivity index (χ2n) is 5.19. The van der Waals surface area contributed by atoms with Crippen LogP contribution in [0.2, 0.25) is 0 Å². The first-order valence-electron chi connectivity index (χ1n) is 7.31. The summed E-state index contributed by atoms with van der Waals surface area (Å²) in [5.41, 5.74) is 7.36. The van der Waals surface area contributed by atoms with E-state index in [2.05, 4.69) is 27.7 Å². The predicted octanol–water partition coefficient (Wildman–Crippen LogP) is 1.63. The molecule has 3 aromatic rings. The van der Waals surface area contributed by atoms with Gasteiger partial charge in [-0.3, -0.25) is 25.8 Å². The van der Waals surface area contributed by atoms with E-state index in [1.165, 1.54) is 16.8 Å². The molecule has 0 spiro atoms. The summed E-state index contributed by atoms with van der Waals surface area (Å²) in [6.45, 7) is 3.73. The van der Waals surface area contributed by atoms with Gasteiger partial charge in [-0.2, -0.15) is 0 Å². The smallest absolute Gasteiger partial charge is 0.270 e. The van der Waals surface area contributed by atoms with Gasteiger partial charge in [0, 0.05) is 17.7 Å². The molecule has 1 heterocycles. The average Bonchev–Trinajstić information content (AvgIpc) is 3.03. The van der Waals surface area contributed by atoms with Crippen LogP contribution in [0.4, 0.5) is 5.69 Å². The fourth-order valence-corrected chi connectivity index (χ4v) is 2.23. The molecule has 0 aliphatic heterocycles. The molecule has 0 aliphatic rings. The van der Waals surface area contributed by atoms with Crippen molar-refractivity contribution in [3.05, 3.63) is 70.8 Å². The van der Waals surface area contributed by atoms with Crippen LogP contribution >= 0.6 is 0 Å². The number of nitro benzene ring substituents is 1. The molecule has 0 radical (unpaired) electrons. The normalized spacial score (nSPS) is 10.4. The molecule has 1 amide bonds. The standard InChI is InChI=1S/C16H14N6O3/c1-11(12-5-4-6-13(9-12)22(24)25)17-19-16(23)10-21-15-8-3-2-7-14(15)18-20-21/h2-9,17H,1,10H2,(H,19,23). The molecule has 0 atom stereocenters. The Hall–Kier alpha value is -3.75. The highest BCUT2D eigenvalue weighted by Crippen LogP contribution is 2.17. The lowest BCUT2D eigenvalue weighted by molar-refractivity contribution is -0.384. The van der Waals surface area contributed by atoms with Gasteiger partial charge in [0.05, 0.1) is 16.1 Å². The summed E-state index contributed by atoms with van der Waals surface area (Å²) in [5, 5.41) is 18.7. The number of hydrogen-bond donors (Lipinski definition) is 2. The van der Waals surface area contributed by atoms with Gasteiger partial charge in [0.2, 0.25) is 0 Å². The first-order valence-corrected chi connectivity index (χ1v) is 7.31. The van der Waals surface area contributed by atoms with Crippen LogP contribution in [-0.2, 0) is 11.3 Å². The highest BCUT2D eigenvalue weighted by atomic mass is 16.6. The number of fused-ring (bicyclic) bond motifs is 1. The van der Waals surface area contributed by atoms with Crippen LogP contribution in [0.1, 0.15) is 5.56 Å². The van der Waals surface area contributed by atoms with Gasteiger partial charge in [0.15, 0.2) is 0 Å². The summed E-state index contributed by atoms with van der Waals surface area (Å²) >= 11 is 0. The summed E-state index contributed by atoms with van der Waals surface area (Å²) in [7, 11) is 0. The summed E-state index contributed by atoms with van der Waals surface area (Å²) in [4.78, 5) is 22.4. The predicted molar refractivity (Wildman–Crippen MR) is 90.9 cm³/mol. The Labute approximate surface area is 142 Å². The van der Waals surface area contributed by atoms with Crippen molar-refractivity contribution in [2.45, 2.75) is 6.54 Å². The zero-order valence-electron chi connectivity index (χ0n) is 13.0. The summed E-state index contributed by atoms with van der Waals surface area (Å²) in [5.74, 6) is -0.359. The third kappa shape index (κ3) is 3.61. The molecule has 0 aliphatic carbocycles. The molecule has 9 heteroatoms. The Bertz CT molecular complexity index is 965. The van der Waals surface area contributed by atoms with Crippen molar-refractivity contribution >= 4 is 28.3 Å². The molecule has 2 aromatic carbocycles. The maximum Gasteiger partial charge on any atom is 0.270 e. The zero-order chi connectivity index (χ0) is 17.8. The van der Waals surface area contributed by atoms with Gasteiger partial charge < -0.3 is 0 Å². The van der Waals surface area contributed by atoms with E-state index < -0.39 is 4.92 Å². The first-order chi connectivity index (χ1) is 12.0. The van der Waals surface area contributed by atoms with E-state index in [0.29, 0.717) is 16.8 Å². The van der Waals surface area contributed by atoms with Gasteiger partial charge in [-0.05, 0) is 12.1 Å². The monoisotopic (exact) mass is 338 g/mol. The molecule has 9 nitrogen and oxygen atoms in total. The fourth-order valence-electron chi connectivity index (χ4n) is 2.23. The van der Waals surface area contributed by atoms with Gasteiger partial charge in [0.1, 0.15) is 12.1 Å². The maximum absolute atomic E-state index is 12.1. The Morgan fingerprint density at radius 2 is 2.00 bits per heavy atom. The van der Waals surface area contributed by atoms with Crippen molar-refractivity contribution in [3.8, 4) is 0 Å². The molecule has 0 bridgehead atoms. The zero-order valence-corrected chi connectivity index (χ0v) is 13.0. The number of hydrazine groups is 1. The highest BCUT2D eigenvalue weighted by molar-refractivity contribution is 5.80. The van der Waals surface area contributed by atoms with Gasteiger partial charge >= 0.3 is 0 Å². The van der Waals surface area contributed by atoms with Crippen LogP contribution in [0, 0.1) is 10.1 Å². The SMILES string of the molecule is C=C(NNC(=O)Cn1nnc2ccccc21)c1cccc([N+](=O)[O-])c1. The van der Waals surface area contributed by atoms with Crippen LogP contribution in [0.5, 0.6) is 0 Å². The Balaban J connectivity index is 1.61. The number of para-hydroxylation sites is 1. The van der Waals surface area contributed by atoms with Gasteiger partial charge in [0.25, 0.3) is 11.6 Å². The number of rotatable bonds is 6. The Kier molecular flexibility index (Phi) is 4.38. The number of carbonyl (C=O) groups excluding carboxylic acids is 1. The van der Waals surface area contributed by atoms with E-state index in [4.69, 9.17) is 0 Å². The number of nitrogens with one attached hydrogen (secondary N) is 2. The fraction of sp³-hybridized carbons (Fsp3) is 0.0625. The van der Waals surface area contributed by atoms with E-state index in [9.17, 15) is 14.9 Å². The first kappa shape index (κ1) is 16.1. The van der Waals surface area contributed by atoms with Crippen molar-refractivity contribution in [3.63, 3.8) is 0 Å². The molecule has 0 unspecified atom stereocenters. The van der Waals surface area contributed by atoms with E-state index >= 15 is 0 Å². The molecular weight excluding hydrogens is 324 g/mol. The summed E-state index contributed by atoms with van der Waals surface area (Å²) in [6, 6.07) is 13.2. The number of amides is 1. The minimum absolute atomic E-state index is 0.0320. The molecule has 1 aromatic heterocycles. The topological polar surface area (TPSA) is 115 Å². The third-order valence-corrected chi connectivity index (χ3v) is 3.47. The van der Waals surface area contributed by atoms with Crippen molar-refractivity contribution in [2.24, 2.45) is 0 Å². The molecule has 0 saturated carbocycles. The van der Waals surface area contributed by atoms with Crippen LogP contribution in [-0.4, -0.2) is 25.8 Å². The second kappa shape index (κ2) is 6.79. The minimum Gasteiger partial charge on any atom is -0.299 e. The number of carbonyl (C=O) groups is 1. The maximum atomic E-state index is 12.1. The number of nitrogens with zero attached hydrogens (tertiary/aromatic N) is 4. The Morgan fingerprint density at radius 3 is 2.80 bits per heavy atom. The highest BCUT2D eigenvalue weighted by Gasteiger charge is 2.10. The number of non-ortho nitro benzene ring substituents is 1. The lowest BCUT2D eigenvalue weighted by Gasteiger charge is -2.11. The lowest BCUT2D eigenvalue weighted by Crippen LogP contribution is -2.38. The molecular formula is C16H14N6O3. The summed E-state index contributed by atoms with van der Waals surface area (Å²) < 4.78 is 1.47. The number of aromatic nitrogens is 3. The van der Waals surface area contributed by atoms with Crippen LogP contribution < -0.4 is 10.9 Å². The van der Waals surface area contributed by atoms with Crippen LogP contribution in [0.25, 0.3) is 16.7 Å². The number of hydrogen-bond acceptors (Lipinski definition) is 6. The number of benzene rings is 2. The Morgan fingerprint density at radius 1 is 1.20 bits per heavy atom. The molecule has 0 saturated heterocycles. The van der Waals surface area contributed by atoms with Crippen molar-refractivity contribution < 1.29 is 9.72 Å². The lowest BCUT2D eigenvalue weighted by atomic mass is 10.1. The van der Waals surface area contributed by atoms with Crippen LogP contribution in [0.3, 0.4) is 0 Å². The van der Waals surface area contributed by atoms with E-state index in [0.717, 1.165) is 5.52 Å². The minimum atomic E-state index is -0.495. The summed E-state index contributed by atoms with van der Waals surface area (Å²) in [6.07, 6.45) is 0. The van der Waals surface area contributed by atoms with Crippen LogP contribution in [0.15, 0.2) is 55.1 Å².